The zero-order chi connectivity index (χ0) is 40.5. The average Bonchev–Trinajstić information content (AvgIpc) is 3.74. The molecule has 0 atom stereocenters. The normalized spacial score (nSPS) is 15.7. The van der Waals surface area contributed by atoms with Gasteiger partial charge in [0.2, 0.25) is 0 Å². The molecule has 4 aliphatic rings. The number of aryl methyl sites for hydroxylation is 2. The van der Waals surface area contributed by atoms with E-state index in [0.717, 1.165) is 24.3 Å². The number of fused-ring (bicyclic) bond motifs is 2. The van der Waals surface area contributed by atoms with Crippen LogP contribution in [0.3, 0.4) is 0 Å². The maximum absolute atomic E-state index is 10.4. The van der Waals surface area contributed by atoms with Crippen molar-refractivity contribution in [3.63, 3.8) is 0 Å². The number of rotatable bonds is 5. The molecular weight excluding hydrogens is 771 g/mol. The summed E-state index contributed by atoms with van der Waals surface area (Å²) in [5.41, 5.74) is 14.1. The van der Waals surface area contributed by atoms with Gasteiger partial charge >= 0.3 is 20.0 Å². The van der Waals surface area contributed by atoms with E-state index in [-0.39, 0.29) is 23.8 Å². The lowest BCUT2D eigenvalue weighted by molar-refractivity contribution is -0.193. The lowest BCUT2D eigenvalue weighted by atomic mass is 9.79. The van der Waals surface area contributed by atoms with Crippen molar-refractivity contribution in [1.29, 1.82) is 0 Å². The first-order chi connectivity index (χ1) is 27.2. The molecule has 4 aliphatic carbocycles. The molecule has 0 bridgehead atoms. The summed E-state index contributed by atoms with van der Waals surface area (Å²) in [6.45, 7) is 4.35. The third-order valence-electron chi connectivity index (χ3n) is 10.7. The van der Waals surface area contributed by atoms with Crippen LogP contribution in [0.15, 0.2) is 89.4 Å². The molecule has 291 valence electrons. The molecule has 0 heterocycles. The van der Waals surface area contributed by atoms with Crippen LogP contribution in [0.25, 0.3) is 16.7 Å². The standard InChI is InChI=1S/C22H24O.C16H19Br.C6H6BO3.2CO2/c1-15-11-12-18-17(13-15)14-20(19-9-5-6-10-21(19)23)22(18)16-7-3-2-4-8-16;1-11-7-8-14-13(9-11)10-15(17)16(14)12-5-3-2-4-6-12;8-5-3-1-2-4-6(5)10-7-9;2*2-1-3/h5-6,9-13,16,23H,2-4,7-8,14H2,1H3;7-9,12H,2-6,10H2,1H3;1-4,8-9H;;. The van der Waals surface area contributed by atoms with Gasteiger partial charge in [-0.1, -0.05) is 132 Å². The van der Waals surface area contributed by atoms with Crippen molar-refractivity contribution in [3.8, 4) is 17.2 Å². The predicted molar refractivity (Wildman–Crippen MR) is 220 cm³/mol. The molecule has 1 radical (unpaired) electrons. The molecule has 10 heteroatoms. The maximum atomic E-state index is 10.4. The van der Waals surface area contributed by atoms with E-state index >= 15 is 0 Å². The number of halogens is 1. The molecule has 2 saturated carbocycles. The summed E-state index contributed by atoms with van der Waals surface area (Å²) in [4.78, 5) is 32.5. The minimum atomic E-state index is 0.00722. The number of allylic oxidation sites excluding steroid dienone is 4. The Morgan fingerprint density at radius 2 is 1.07 bits per heavy atom. The highest BCUT2D eigenvalue weighted by Gasteiger charge is 2.30. The Bertz CT molecular complexity index is 2040. The Morgan fingerprint density at radius 3 is 1.59 bits per heavy atom. The fraction of sp³-hybridized carbons (Fsp3) is 0.348. The van der Waals surface area contributed by atoms with Gasteiger partial charge in [-0.25, -0.2) is 0 Å². The Kier molecular flexibility index (Phi) is 17.6. The molecule has 0 amide bonds. The van der Waals surface area contributed by atoms with E-state index in [9.17, 15) is 5.11 Å². The molecule has 4 aromatic rings. The van der Waals surface area contributed by atoms with E-state index in [0.29, 0.717) is 19.4 Å². The summed E-state index contributed by atoms with van der Waals surface area (Å²) in [5.74, 6) is 2.13. The number of hydrogen-bond donors (Lipinski definition) is 3. The van der Waals surface area contributed by atoms with E-state index in [2.05, 4.69) is 76.9 Å². The maximum Gasteiger partial charge on any atom is 0.569 e. The highest BCUT2D eigenvalue weighted by atomic mass is 79.9. The molecule has 8 rings (SSSR count). The van der Waals surface area contributed by atoms with Crippen molar-refractivity contribution in [2.24, 2.45) is 11.8 Å². The quantitative estimate of drug-likeness (QED) is 0.169. The van der Waals surface area contributed by atoms with E-state index in [1.165, 1.54) is 119 Å². The minimum absolute atomic E-state index is 0.00722. The van der Waals surface area contributed by atoms with Crippen molar-refractivity contribution in [2.75, 3.05) is 0 Å². The second-order valence-corrected chi connectivity index (χ2v) is 15.4. The molecule has 4 aromatic carbocycles. The highest BCUT2D eigenvalue weighted by molar-refractivity contribution is 9.11. The summed E-state index contributed by atoms with van der Waals surface area (Å²) < 4.78 is 5.97. The fourth-order valence-corrected chi connectivity index (χ4v) is 9.23. The van der Waals surface area contributed by atoms with Gasteiger partial charge in [-0.3, -0.25) is 0 Å². The van der Waals surface area contributed by atoms with Gasteiger partial charge in [-0.15, -0.1) is 0 Å². The Hall–Kier alpha value is -4.98. The summed E-state index contributed by atoms with van der Waals surface area (Å²) in [6.07, 6.45) is 16.2. The van der Waals surface area contributed by atoms with E-state index in [1.807, 2.05) is 18.2 Å². The molecule has 0 spiro atoms. The molecule has 8 nitrogen and oxygen atoms in total. The second kappa shape index (κ2) is 22.5. The van der Waals surface area contributed by atoms with Gasteiger partial charge < -0.3 is 19.9 Å². The molecule has 3 N–H and O–H groups in total. The fourth-order valence-electron chi connectivity index (χ4n) is 8.39. The van der Waals surface area contributed by atoms with Crippen LogP contribution in [-0.4, -0.2) is 35.2 Å². The number of phenolic OH excluding ortho intramolecular Hbond substituents is 2. The lowest BCUT2D eigenvalue weighted by Crippen LogP contribution is -2.09. The SMILES string of the molecule is Cc1ccc2c(c1)CC(Br)=C2C1CCCCC1.Cc1ccc2c(c1)CC(c1ccccc1O)=C2C1CCCCC1.O=C=O.O=C=O.O[B]Oc1ccccc1O. The third kappa shape index (κ3) is 11.8. The van der Waals surface area contributed by atoms with Crippen LogP contribution in [0.2, 0.25) is 0 Å². The number of hydrogen-bond acceptors (Lipinski definition) is 8. The molecule has 0 unspecified atom stereocenters. The Morgan fingerprint density at radius 1 is 0.607 bits per heavy atom. The van der Waals surface area contributed by atoms with Gasteiger partial charge in [-0.2, -0.15) is 19.2 Å². The summed E-state index contributed by atoms with van der Waals surface area (Å²) in [6, 6.07) is 28.0. The number of phenols is 2. The zero-order valence-corrected chi connectivity index (χ0v) is 33.6. The zero-order valence-electron chi connectivity index (χ0n) is 32.1. The van der Waals surface area contributed by atoms with Gasteiger partial charge in [0.1, 0.15) is 11.5 Å². The Balaban J connectivity index is 0.000000185. The van der Waals surface area contributed by atoms with Crippen LogP contribution in [-0.2, 0) is 32.0 Å². The minimum Gasteiger partial charge on any atom is -0.535 e. The first kappa shape index (κ1) is 43.7. The van der Waals surface area contributed by atoms with E-state index in [4.69, 9.17) is 29.3 Å². The topological polar surface area (TPSA) is 138 Å². The monoisotopic (exact) mass is 819 g/mol. The van der Waals surface area contributed by atoms with Crippen molar-refractivity contribution in [3.05, 3.63) is 128 Å². The molecule has 2 fully saturated rings. The summed E-state index contributed by atoms with van der Waals surface area (Å²) >= 11 is 3.83. The third-order valence-corrected chi connectivity index (χ3v) is 11.4. The van der Waals surface area contributed by atoms with Crippen molar-refractivity contribution >= 4 is 52.6 Å². The van der Waals surface area contributed by atoms with Crippen LogP contribution < -0.4 is 4.65 Å². The van der Waals surface area contributed by atoms with Gasteiger partial charge in [0, 0.05) is 16.5 Å². The average molecular weight is 821 g/mol. The highest BCUT2D eigenvalue weighted by Crippen LogP contribution is 2.48. The molecule has 0 aliphatic heterocycles. The van der Waals surface area contributed by atoms with Crippen molar-refractivity contribution in [2.45, 2.75) is 90.9 Å². The first-order valence-corrected chi connectivity index (χ1v) is 19.9. The smallest absolute Gasteiger partial charge is 0.535 e. The van der Waals surface area contributed by atoms with E-state index in [1.54, 1.807) is 23.8 Å². The molecule has 56 heavy (non-hydrogen) atoms. The van der Waals surface area contributed by atoms with Crippen LogP contribution in [0.1, 0.15) is 103 Å². The van der Waals surface area contributed by atoms with Gasteiger partial charge in [-0.05, 0) is 115 Å². The largest absolute Gasteiger partial charge is 0.569 e. The van der Waals surface area contributed by atoms with Crippen LogP contribution in [0.5, 0.6) is 17.2 Å². The van der Waals surface area contributed by atoms with Crippen LogP contribution in [0.4, 0.5) is 0 Å². The van der Waals surface area contributed by atoms with Crippen molar-refractivity contribution in [1.82, 2.24) is 0 Å². The van der Waals surface area contributed by atoms with E-state index < -0.39 is 0 Å². The lowest BCUT2D eigenvalue weighted by Gasteiger charge is -2.25. The molecule has 0 saturated heterocycles. The summed E-state index contributed by atoms with van der Waals surface area (Å²) in [5, 5.41) is 27.6. The van der Waals surface area contributed by atoms with Crippen LogP contribution >= 0.6 is 15.9 Å². The summed E-state index contributed by atoms with van der Waals surface area (Å²) in [7, 11) is 0.523. The van der Waals surface area contributed by atoms with Gasteiger partial charge in [0.25, 0.3) is 0 Å². The van der Waals surface area contributed by atoms with Gasteiger partial charge in [0.15, 0.2) is 5.75 Å². The number of carbonyl (C=O) groups excluding carboxylic acids is 4. The van der Waals surface area contributed by atoms with Crippen molar-refractivity contribution < 1.29 is 39.1 Å². The number of benzene rings is 4. The number of aromatic hydroxyl groups is 2. The van der Waals surface area contributed by atoms with Gasteiger partial charge in [0.05, 0.1) is 0 Å². The molecular formula is C46H49BBrO8. The first-order valence-electron chi connectivity index (χ1n) is 19.2. The Labute approximate surface area is 338 Å². The second-order valence-electron chi connectivity index (χ2n) is 14.4. The molecule has 0 aromatic heterocycles. The predicted octanol–water partition coefficient (Wildman–Crippen LogP) is 10.1. The number of para-hydroxylation sites is 3. The van der Waals surface area contributed by atoms with Crippen LogP contribution in [0, 0.1) is 25.7 Å².